The Morgan fingerprint density at radius 3 is 2.11 bits per heavy atom. The average molecular weight is 313 g/mol. The zero-order valence-electron chi connectivity index (χ0n) is 12.8. The predicted octanol–water partition coefficient (Wildman–Crippen LogP) is 0.435. The quantitative estimate of drug-likeness (QED) is 0.331. The van der Waals surface area contributed by atoms with Crippen LogP contribution in [0, 0.1) is 0 Å². The minimum Gasteiger partial charge on any atom is -0.402 e. The van der Waals surface area contributed by atoms with Crippen LogP contribution in [0.15, 0.2) is 0 Å². The molecular weight excluding hydrogens is 284 g/mol. The summed E-state index contributed by atoms with van der Waals surface area (Å²) in [6.07, 6.45) is 1.36. The summed E-state index contributed by atoms with van der Waals surface area (Å²) in [6, 6.07) is 0.978. The highest BCUT2D eigenvalue weighted by atomic mass is 28.4. The highest BCUT2D eigenvalue weighted by Gasteiger charge is 2.28. The van der Waals surface area contributed by atoms with Crippen molar-refractivity contribution in [2.75, 3.05) is 48.3 Å². The van der Waals surface area contributed by atoms with Gasteiger partial charge >= 0.3 is 18.6 Å². The van der Waals surface area contributed by atoms with Crippen LogP contribution in [-0.2, 0) is 27.2 Å². The van der Waals surface area contributed by atoms with Crippen LogP contribution in [0.1, 0.15) is 6.42 Å². The molecule has 0 spiro atoms. The predicted molar refractivity (Wildman–Crippen MR) is 78.2 cm³/mol. The third-order valence-electron chi connectivity index (χ3n) is 2.72. The van der Waals surface area contributed by atoms with Gasteiger partial charge in [0.2, 0.25) is 0 Å². The fourth-order valence-electron chi connectivity index (χ4n) is 1.28. The molecule has 1 fully saturated rings. The SMILES string of the molecule is CO[SiH2]OC.CO[Si](C)(CCCOCC1CO1)OC. The lowest BCUT2D eigenvalue weighted by Gasteiger charge is -2.22. The third kappa shape index (κ3) is 11.7. The molecule has 0 aromatic carbocycles. The van der Waals surface area contributed by atoms with E-state index < -0.39 is 18.6 Å². The molecular formula is C11H28O6Si2. The molecule has 0 aromatic rings. The number of ether oxygens (including phenoxy) is 2. The van der Waals surface area contributed by atoms with Crippen LogP contribution >= 0.6 is 0 Å². The molecule has 0 N–H and O–H groups in total. The van der Waals surface area contributed by atoms with Gasteiger partial charge in [0.15, 0.2) is 0 Å². The molecule has 1 heterocycles. The van der Waals surface area contributed by atoms with Gasteiger partial charge in [-0.25, -0.2) is 0 Å². The fraction of sp³-hybridized carbons (Fsp3) is 1.00. The summed E-state index contributed by atoms with van der Waals surface area (Å²) in [6.45, 7) is 4.44. The number of hydrogen-bond donors (Lipinski definition) is 0. The monoisotopic (exact) mass is 312 g/mol. The fourth-order valence-corrected chi connectivity index (χ4v) is 2.88. The van der Waals surface area contributed by atoms with E-state index in [-0.39, 0.29) is 0 Å². The zero-order chi connectivity index (χ0) is 14.6. The summed E-state index contributed by atoms with van der Waals surface area (Å²) in [5.74, 6) is 0. The van der Waals surface area contributed by atoms with Crippen LogP contribution in [0.4, 0.5) is 0 Å². The van der Waals surface area contributed by atoms with Gasteiger partial charge in [0.25, 0.3) is 0 Å². The summed E-state index contributed by atoms with van der Waals surface area (Å²) in [7, 11) is 4.29. The van der Waals surface area contributed by atoms with Gasteiger partial charge in [0, 0.05) is 35.0 Å². The molecule has 19 heavy (non-hydrogen) atoms. The summed E-state index contributed by atoms with van der Waals surface area (Å²) in [5, 5.41) is 0. The van der Waals surface area contributed by atoms with Crippen LogP contribution in [-0.4, -0.2) is 72.9 Å². The second kappa shape index (κ2) is 12.0. The first-order chi connectivity index (χ1) is 9.11. The van der Waals surface area contributed by atoms with Crippen LogP contribution in [0.5, 0.6) is 0 Å². The molecule has 116 valence electrons. The smallest absolute Gasteiger partial charge is 0.334 e. The Morgan fingerprint density at radius 2 is 1.74 bits per heavy atom. The van der Waals surface area contributed by atoms with Crippen LogP contribution in [0.2, 0.25) is 12.6 Å². The highest BCUT2D eigenvalue weighted by molar-refractivity contribution is 6.65. The molecule has 0 radical (unpaired) electrons. The number of hydrogen-bond acceptors (Lipinski definition) is 6. The molecule has 1 rings (SSSR count). The van der Waals surface area contributed by atoms with E-state index in [4.69, 9.17) is 18.3 Å². The van der Waals surface area contributed by atoms with E-state index in [2.05, 4.69) is 15.4 Å². The molecule has 0 bridgehead atoms. The van der Waals surface area contributed by atoms with Crippen molar-refractivity contribution < 1.29 is 27.2 Å². The zero-order valence-corrected chi connectivity index (χ0v) is 15.2. The number of epoxide rings is 1. The molecule has 1 saturated heterocycles. The Balaban J connectivity index is 0.000000555. The van der Waals surface area contributed by atoms with Crippen molar-refractivity contribution in [3.63, 3.8) is 0 Å². The molecule has 1 atom stereocenters. The Morgan fingerprint density at radius 1 is 1.16 bits per heavy atom. The summed E-state index contributed by atoms with van der Waals surface area (Å²) < 4.78 is 30.4. The van der Waals surface area contributed by atoms with E-state index in [1.54, 1.807) is 28.4 Å². The molecule has 0 amide bonds. The van der Waals surface area contributed by atoms with Crippen molar-refractivity contribution in [3.8, 4) is 0 Å². The molecule has 1 aliphatic heterocycles. The van der Waals surface area contributed by atoms with Crippen molar-refractivity contribution >= 4 is 18.6 Å². The maximum Gasteiger partial charge on any atom is 0.334 e. The Labute approximate surface area is 120 Å². The summed E-state index contributed by atoms with van der Waals surface area (Å²) in [4.78, 5) is 0. The van der Waals surface area contributed by atoms with Crippen LogP contribution in [0.3, 0.4) is 0 Å². The van der Waals surface area contributed by atoms with Gasteiger partial charge in [0.05, 0.1) is 13.2 Å². The lowest BCUT2D eigenvalue weighted by molar-refractivity contribution is 0.114. The second-order valence-corrected chi connectivity index (χ2v) is 9.35. The highest BCUT2D eigenvalue weighted by Crippen LogP contribution is 2.14. The van der Waals surface area contributed by atoms with Crippen LogP contribution < -0.4 is 0 Å². The lowest BCUT2D eigenvalue weighted by Crippen LogP contribution is -2.36. The topological polar surface area (TPSA) is 58.7 Å². The van der Waals surface area contributed by atoms with Gasteiger partial charge in [-0.2, -0.15) is 0 Å². The van der Waals surface area contributed by atoms with Crippen molar-refractivity contribution in [3.05, 3.63) is 0 Å². The summed E-state index contributed by atoms with van der Waals surface area (Å²) in [5.41, 5.74) is 0. The van der Waals surface area contributed by atoms with Gasteiger partial charge in [-0.05, 0) is 19.0 Å². The largest absolute Gasteiger partial charge is 0.402 e. The lowest BCUT2D eigenvalue weighted by atomic mass is 10.5. The average Bonchev–Trinajstić information content (AvgIpc) is 3.24. The van der Waals surface area contributed by atoms with E-state index >= 15 is 0 Å². The number of rotatable bonds is 10. The van der Waals surface area contributed by atoms with Crippen molar-refractivity contribution in [1.82, 2.24) is 0 Å². The first-order valence-electron chi connectivity index (χ1n) is 6.39. The van der Waals surface area contributed by atoms with Crippen molar-refractivity contribution in [2.45, 2.75) is 25.1 Å². The molecule has 0 aromatic heterocycles. The van der Waals surface area contributed by atoms with Gasteiger partial charge < -0.3 is 27.2 Å². The minimum atomic E-state index is -1.87. The van der Waals surface area contributed by atoms with Crippen LogP contribution in [0.25, 0.3) is 0 Å². The first-order valence-corrected chi connectivity index (χ1v) is 10.1. The van der Waals surface area contributed by atoms with E-state index in [9.17, 15) is 0 Å². The molecule has 1 aliphatic rings. The Bertz CT molecular complexity index is 198. The Hall–Kier alpha value is 0.194. The molecule has 6 nitrogen and oxygen atoms in total. The summed E-state index contributed by atoms with van der Waals surface area (Å²) >= 11 is 0. The molecule has 0 saturated carbocycles. The van der Waals surface area contributed by atoms with E-state index in [1.807, 2.05) is 0 Å². The van der Waals surface area contributed by atoms with E-state index in [0.29, 0.717) is 6.10 Å². The Kier molecular flexibility index (Phi) is 12.1. The first kappa shape index (κ1) is 19.2. The minimum absolute atomic E-state index is 0.364. The second-order valence-electron chi connectivity index (χ2n) is 4.37. The maximum absolute atomic E-state index is 5.43. The standard InChI is InChI=1S/C9H20O4Si.C2H8O2Si/c1-10-14(3,11-2)6-4-5-12-7-9-8-13-9;1-3-5-4-2/h9H,4-8H2,1-3H3;5H2,1-2H3. The van der Waals surface area contributed by atoms with Gasteiger partial charge in [0.1, 0.15) is 6.10 Å². The normalized spacial score (nSPS) is 17.8. The van der Waals surface area contributed by atoms with Gasteiger partial charge in [-0.3, -0.25) is 0 Å². The van der Waals surface area contributed by atoms with Gasteiger partial charge in [-0.1, -0.05) is 0 Å². The van der Waals surface area contributed by atoms with E-state index in [1.165, 1.54) is 0 Å². The maximum atomic E-state index is 5.43. The molecule has 1 unspecified atom stereocenters. The van der Waals surface area contributed by atoms with E-state index in [0.717, 1.165) is 32.3 Å². The van der Waals surface area contributed by atoms with Gasteiger partial charge in [-0.15, -0.1) is 0 Å². The van der Waals surface area contributed by atoms with Crippen molar-refractivity contribution in [1.29, 1.82) is 0 Å². The van der Waals surface area contributed by atoms with Crippen molar-refractivity contribution in [2.24, 2.45) is 0 Å². The third-order valence-corrected chi connectivity index (χ3v) is 6.19. The molecule has 8 heteroatoms. The molecule has 0 aliphatic carbocycles.